The molecule has 0 saturated heterocycles. The molecule has 0 atom stereocenters. The number of anilines is 1. The second kappa shape index (κ2) is 9.51. The van der Waals surface area contributed by atoms with E-state index in [1.807, 2.05) is 6.92 Å². The molecule has 0 fully saturated rings. The molecule has 0 unspecified atom stereocenters. The van der Waals surface area contributed by atoms with E-state index in [1.54, 1.807) is 24.3 Å². The molecule has 6 nitrogen and oxygen atoms in total. The topological polar surface area (TPSA) is 73.9 Å². The van der Waals surface area contributed by atoms with Gasteiger partial charge in [-0.1, -0.05) is 19.1 Å². The molecule has 144 valence electrons. The minimum atomic E-state index is -1.09. The number of rotatable bonds is 8. The summed E-state index contributed by atoms with van der Waals surface area (Å²) < 4.78 is 42.8. The number of esters is 1. The Kier molecular flexibility index (Phi) is 7.10. The lowest BCUT2D eigenvalue weighted by molar-refractivity contribution is -0.118. The second-order valence-corrected chi connectivity index (χ2v) is 5.44. The fourth-order valence-corrected chi connectivity index (χ4v) is 2.14. The maximum absolute atomic E-state index is 13.9. The number of ether oxygens (including phenoxy) is 3. The van der Waals surface area contributed by atoms with Crippen molar-refractivity contribution in [1.82, 2.24) is 0 Å². The standard InChI is InChI=1S/C19H19F2NO5/c1-3-8-26-16-6-4-5-7-17(16)27-11-18(23)22-15-9-12(19(24)25-2)13(20)10-14(15)21/h4-7,9-10H,3,8,11H2,1-2H3,(H,22,23). The predicted octanol–water partition coefficient (Wildman–Crippen LogP) is 3.56. The third-order valence-corrected chi connectivity index (χ3v) is 3.41. The van der Waals surface area contributed by atoms with Gasteiger partial charge in [0.25, 0.3) is 5.91 Å². The highest BCUT2D eigenvalue weighted by atomic mass is 19.1. The van der Waals surface area contributed by atoms with Crippen LogP contribution >= 0.6 is 0 Å². The molecule has 0 aliphatic heterocycles. The van der Waals surface area contributed by atoms with Gasteiger partial charge >= 0.3 is 5.97 Å². The summed E-state index contributed by atoms with van der Waals surface area (Å²) in [6.45, 7) is 2.01. The van der Waals surface area contributed by atoms with E-state index in [0.717, 1.165) is 19.6 Å². The van der Waals surface area contributed by atoms with E-state index >= 15 is 0 Å². The zero-order valence-electron chi connectivity index (χ0n) is 14.9. The molecule has 0 radical (unpaired) electrons. The predicted molar refractivity (Wildman–Crippen MR) is 94.1 cm³/mol. The molecule has 0 saturated carbocycles. The summed E-state index contributed by atoms with van der Waals surface area (Å²) in [6, 6.07) is 8.18. The molecule has 0 spiro atoms. The first-order valence-corrected chi connectivity index (χ1v) is 8.18. The fraction of sp³-hybridized carbons (Fsp3) is 0.263. The van der Waals surface area contributed by atoms with Crippen LogP contribution in [0.3, 0.4) is 0 Å². The molecule has 0 aliphatic carbocycles. The lowest BCUT2D eigenvalue weighted by Gasteiger charge is -2.13. The van der Waals surface area contributed by atoms with Crippen LogP contribution in [0.2, 0.25) is 0 Å². The average molecular weight is 379 g/mol. The zero-order chi connectivity index (χ0) is 19.8. The van der Waals surface area contributed by atoms with Gasteiger partial charge in [-0.3, -0.25) is 4.79 Å². The van der Waals surface area contributed by atoms with Crippen LogP contribution in [0.1, 0.15) is 23.7 Å². The van der Waals surface area contributed by atoms with Gasteiger partial charge in [0, 0.05) is 6.07 Å². The number of methoxy groups -OCH3 is 1. The van der Waals surface area contributed by atoms with Gasteiger partial charge in [-0.2, -0.15) is 0 Å². The highest BCUT2D eigenvalue weighted by Crippen LogP contribution is 2.26. The summed E-state index contributed by atoms with van der Waals surface area (Å²) in [5, 5.41) is 2.24. The van der Waals surface area contributed by atoms with Crippen molar-refractivity contribution in [2.24, 2.45) is 0 Å². The lowest BCUT2D eigenvalue weighted by atomic mass is 10.1. The quantitative estimate of drug-likeness (QED) is 0.710. The van der Waals surface area contributed by atoms with E-state index in [0.29, 0.717) is 24.2 Å². The minimum Gasteiger partial charge on any atom is -0.490 e. The van der Waals surface area contributed by atoms with Crippen molar-refractivity contribution in [2.75, 3.05) is 25.6 Å². The van der Waals surface area contributed by atoms with Crippen molar-refractivity contribution in [3.63, 3.8) is 0 Å². The molecule has 0 aliphatic rings. The maximum Gasteiger partial charge on any atom is 0.340 e. The van der Waals surface area contributed by atoms with E-state index in [9.17, 15) is 18.4 Å². The van der Waals surface area contributed by atoms with Gasteiger partial charge < -0.3 is 19.5 Å². The van der Waals surface area contributed by atoms with Gasteiger partial charge in [0.15, 0.2) is 18.1 Å². The monoisotopic (exact) mass is 379 g/mol. The molecule has 2 rings (SSSR count). The Morgan fingerprint density at radius 3 is 2.33 bits per heavy atom. The molecule has 27 heavy (non-hydrogen) atoms. The molecule has 8 heteroatoms. The number of carbonyl (C=O) groups excluding carboxylic acids is 2. The first kappa shape index (κ1) is 20.2. The van der Waals surface area contributed by atoms with E-state index in [2.05, 4.69) is 10.1 Å². The van der Waals surface area contributed by atoms with Crippen LogP contribution in [0.15, 0.2) is 36.4 Å². The number of hydrogen-bond acceptors (Lipinski definition) is 5. The Morgan fingerprint density at radius 2 is 1.70 bits per heavy atom. The first-order valence-electron chi connectivity index (χ1n) is 8.18. The van der Waals surface area contributed by atoms with Crippen molar-refractivity contribution in [2.45, 2.75) is 13.3 Å². The fourth-order valence-electron chi connectivity index (χ4n) is 2.14. The summed E-state index contributed by atoms with van der Waals surface area (Å²) >= 11 is 0. The number of amides is 1. The third-order valence-electron chi connectivity index (χ3n) is 3.41. The van der Waals surface area contributed by atoms with Crippen molar-refractivity contribution < 1.29 is 32.6 Å². The van der Waals surface area contributed by atoms with Crippen molar-refractivity contribution in [1.29, 1.82) is 0 Å². The number of para-hydroxylation sites is 2. The second-order valence-electron chi connectivity index (χ2n) is 5.44. The summed E-state index contributed by atoms with van der Waals surface area (Å²) in [5.41, 5.74) is -0.852. The van der Waals surface area contributed by atoms with Gasteiger partial charge in [-0.05, 0) is 24.6 Å². The Balaban J connectivity index is 2.05. The van der Waals surface area contributed by atoms with Crippen LogP contribution in [-0.2, 0) is 9.53 Å². The van der Waals surface area contributed by atoms with Crippen LogP contribution in [0, 0.1) is 11.6 Å². The largest absolute Gasteiger partial charge is 0.490 e. The normalized spacial score (nSPS) is 10.2. The highest BCUT2D eigenvalue weighted by Gasteiger charge is 2.18. The molecule has 0 heterocycles. The minimum absolute atomic E-state index is 0.357. The number of hydrogen-bond donors (Lipinski definition) is 1. The zero-order valence-corrected chi connectivity index (χ0v) is 14.9. The van der Waals surface area contributed by atoms with Crippen molar-refractivity contribution >= 4 is 17.6 Å². The van der Waals surface area contributed by atoms with E-state index in [-0.39, 0.29) is 5.69 Å². The number of carbonyl (C=O) groups is 2. The molecule has 1 N–H and O–H groups in total. The van der Waals surface area contributed by atoms with E-state index < -0.39 is 35.7 Å². The Morgan fingerprint density at radius 1 is 1.04 bits per heavy atom. The van der Waals surface area contributed by atoms with E-state index in [4.69, 9.17) is 9.47 Å². The number of halogens is 2. The SMILES string of the molecule is CCCOc1ccccc1OCC(=O)Nc1cc(C(=O)OC)c(F)cc1F. The van der Waals surface area contributed by atoms with Gasteiger partial charge in [0.2, 0.25) is 0 Å². The van der Waals surface area contributed by atoms with Crippen molar-refractivity contribution in [3.05, 3.63) is 53.6 Å². The van der Waals surface area contributed by atoms with Crippen LogP contribution in [0.4, 0.5) is 14.5 Å². The summed E-state index contributed by atoms with van der Waals surface area (Å²) in [6.07, 6.45) is 0.807. The number of nitrogens with one attached hydrogen (secondary N) is 1. The molecular formula is C19H19F2NO5. The molecular weight excluding hydrogens is 360 g/mol. The summed E-state index contributed by atoms with van der Waals surface area (Å²) in [7, 11) is 1.06. The van der Waals surface area contributed by atoms with Gasteiger partial charge in [-0.15, -0.1) is 0 Å². The number of benzene rings is 2. The molecule has 2 aromatic carbocycles. The molecule has 1 amide bonds. The summed E-state index contributed by atoms with van der Waals surface area (Å²) in [4.78, 5) is 23.5. The Labute approximate surface area is 155 Å². The molecule has 0 aromatic heterocycles. The van der Waals surface area contributed by atoms with Crippen LogP contribution in [-0.4, -0.2) is 32.2 Å². The van der Waals surface area contributed by atoms with Gasteiger partial charge in [-0.25, -0.2) is 13.6 Å². The van der Waals surface area contributed by atoms with Crippen LogP contribution < -0.4 is 14.8 Å². The summed E-state index contributed by atoms with van der Waals surface area (Å²) in [5.74, 6) is -2.96. The highest BCUT2D eigenvalue weighted by molar-refractivity contribution is 5.95. The molecule has 2 aromatic rings. The lowest BCUT2D eigenvalue weighted by Crippen LogP contribution is -2.21. The first-order chi connectivity index (χ1) is 13.0. The maximum atomic E-state index is 13.9. The Hall–Kier alpha value is -3.16. The van der Waals surface area contributed by atoms with Gasteiger partial charge in [0.05, 0.1) is 25.0 Å². The Bertz CT molecular complexity index is 826. The van der Waals surface area contributed by atoms with Gasteiger partial charge in [0.1, 0.15) is 11.6 Å². The molecule has 0 bridgehead atoms. The van der Waals surface area contributed by atoms with Crippen LogP contribution in [0.25, 0.3) is 0 Å². The average Bonchev–Trinajstić information content (AvgIpc) is 2.66. The van der Waals surface area contributed by atoms with Crippen molar-refractivity contribution in [3.8, 4) is 11.5 Å². The third kappa shape index (κ3) is 5.40. The van der Waals surface area contributed by atoms with E-state index in [1.165, 1.54) is 0 Å². The smallest absolute Gasteiger partial charge is 0.340 e. The van der Waals surface area contributed by atoms with Crippen LogP contribution in [0.5, 0.6) is 11.5 Å².